The number of aromatic carboxylic acids is 1. The lowest BCUT2D eigenvalue weighted by atomic mass is 10.0. The maximum absolute atomic E-state index is 10.8. The number of ether oxygens (including phenoxy) is 2. The molecule has 0 fully saturated rings. The van der Waals surface area contributed by atoms with E-state index in [9.17, 15) is 4.79 Å². The average Bonchev–Trinajstić information content (AvgIpc) is 2.78. The van der Waals surface area contributed by atoms with Gasteiger partial charge in [-0.15, -0.1) is 0 Å². The fraction of sp³-hybridized carbons (Fsp3) is 0.286. The fourth-order valence-electron chi connectivity index (χ4n) is 2.15. The van der Waals surface area contributed by atoms with Crippen LogP contribution in [0.1, 0.15) is 22.5 Å². The zero-order valence-corrected chi connectivity index (χ0v) is 10.9. The molecule has 0 spiro atoms. The number of carboxylic acid groups (broad SMARTS) is 1. The molecule has 6 nitrogen and oxygen atoms in total. The molecule has 3 rings (SSSR count). The highest BCUT2D eigenvalue weighted by molar-refractivity contribution is 5.86. The molecule has 1 N–H and O–H groups in total. The third kappa shape index (κ3) is 2.09. The molecule has 0 saturated carbocycles. The molecule has 0 unspecified atom stereocenters. The molecule has 0 atom stereocenters. The van der Waals surface area contributed by atoms with Gasteiger partial charge in [-0.1, -0.05) is 5.16 Å². The number of hydrogen-bond acceptors (Lipinski definition) is 5. The predicted octanol–water partition coefficient (Wildman–Crippen LogP) is 2.51. The molecule has 0 saturated heterocycles. The summed E-state index contributed by atoms with van der Waals surface area (Å²) in [7, 11) is 0. The van der Waals surface area contributed by atoms with E-state index in [2.05, 4.69) is 5.16 Å². The first-order valence-electron chi connectivity index (χ1n) is 6.26. The van der Waals surface area contributed by atoms with Crippen molar-refractivity contribution < 1.29 is 23.9 Å². The second-order valence-electron chi connectivity index (χ2n) is 4.50. The molecule has 1 aromatic heterocycles. The molecule has 6 heteroatoms. The van der Waals surface area contributed by atoms with Crippen LogP contribution in [0.5, 0.6) is 11.5 Å². The lowest BCUT2D eigenvalue weighted by Gasteiger charge is -2.12. The molecule has 20 heavy (non-hydrogen) atoms. The van der Waals surface area contributed by atoms with Crippen LogP contribution in [0, 0.1) is 6.92 Å². The summed E-state index contributed by atoms with van der Waals surface area (Å²) in [6, 6.07) is 5.01. The van der Waals surface area contributed by atoms with Gasteiger partial charge in [0.15, 0.2) is 23.0 Å². The highest BCUT2D eigenvalue weighted by atomic mass is 16.5. The van der Waals surface area contributed by atoms with Crippen LogP contribution >= 0.6 is 0 Å². The molecular weight excluding hydrogens is 262 g/mol. The summed E-state index contributed by atoms with van der Waals surface area (Å²) in [5.74, 6) is 0.651. The van der Waals surface area contributed by atoms with Gasteiger partial charge in [0.05, 0.1) is 13.2 Å². The number of fused-ring (bicyclic) bond motifs is 1. The van der Waals surface area contributed by atoms with Crippen molar-refractivity contribution in [1.29, 1.82) is 0 Å². The quantitative estimate of drug-likeness (QED) is 0.906. The number of carboxylic acids is 1. The van der Waals surface area contributed by atoms with E-state index in [0.29, 0.717) is 30.5 Å². The number of aromatic nitrogens is 1. The van der Waals surface area contributed by atoms with E-state index in [0.717, 1.165) is 17.5 Å². The van der Waals surface area contributed by atoms with Crippen molar-refractivity contribution in [3.8, 4) is 22.8 Å². The molecular formula is C14H13NO5. The van der Waals surface area contributed by atoms with Gasteiger partial charge in [0, 0.05) is 23.6 Å². The Hall–Kier alpha value is -2.50. The Morgan fingerprint density at radius 2 is 2.10 bits per heavy atom. The molecule has 0 aliphatic carbocycles. The number of benzene rings is 1. The van der Waals surface area contributed by atoms with Gasteiger partial charge in [0.1, 0.15) is 0 Å². The molecule has 2 aromatic rings. The summed E-state index contributed by atoms with van der Waals surface area (Å²) < 4.78 is 16.4. The van der Waals surface area contributed by atoms with Crippen LogP contribution in [0.25, 0.3) is 11.3 Å². The highest BCUT2D eigenvalue weighted by Gasteiger charge is 2.19. The number of hydrogen-bond donors (Lipinski definition) is 1. The topological polar surface area (TPSA) is 81.8 Å². The van der Waals surface area contributed by atoms with E-state index in [1.165, 1.54) is 6.07 Å². The van der Waals surface area contributed by atoms with Gasteiger partial charge in [0.25, 0.3) is 0 Å². The zero-order valence-electron chi connectivity index (χ0n) is 10.9. The van der Waals surface area contributed by atoms with Crippen LogP contribution in [-0.4, -0.2) is 29.4 Å². The minimum Gasteiger partial charge on any atom is -0.490 e. The van der Waals surface area contributed by atoms with E-state index in [1.54, 1.807) is 6.07 Å². The third-order valence-electron chi connectivity index (χ3n) is 3.16. The molecule has 0 amide bonds. The summed E-state index contributed by atoms with van der Waals surface area (Å²) in [6.07, 6.45) is 0.828. The van der Waals surface area contributed by atoms with Crippen molar-refractivity contribution in [2.75, 3.05) is 13.2 Å². The summed E-state index contributed by atoms with van der Waals surface area (Å²) in [6.45, 7) is 3.09. The maximum Gasteiger partial charge on any atom is 0.358 e. The van der Waals surface area contributed by atoms with Crippen LogP contribution in [0.2, 0.25) is 0 Å². The average molecular weight is 275 g/mol. The lowest BCUT2D eigenvalue weighted by Crippen LogP contribution is -1.98. The van der Waals surface area contributed by atoms with Crippen LogP contribution in [0.3, 0.4) is 0 Å². The van der Waals surface area contributed by atoms with E-state index in [-0.39, 0.29) is 5.69 Å². The Kier molecular flexibility index (Phi) is 3.06. The molecule has 0 radical (unpaired) electrons. The van der Waals surface area contributed by atoms with Crippen molar-refractivity contribution in [1.82, 2.24) is 5.16 Å². The standard InChI is InChI=1S/C14H13NO5/c1-8-9(12-7-10(14(16)17)15-20-12)3-4-11-13(8)19-6-2-5-18-11/h3-4,7H,2,5-6H2,1H3,(H,16,17). The molecule has 2 heterocycles. The van der Waals surface area contributed by atoms with Gasteiger partial charge < -0.3 is 19.1 Å². The van der Waals surface area contributed by atoms with Crippen LogP contribution in [-0.2, 0) is 0 Å². The van der Waals surface area contributed by atoms with Crippen LogP contribution in [0.4, 0.5) is 0 Å². The van der Waals surface area contributed by atoms with Gasteiger partial charge in [0.2, 0.25) is 0 Å². The van der Waals surface area contributed by atoms with Gasteiger partial charge in [-0.25, -0.2) is 4.79 Å². The van der Waals surface area contributed by atoms with Crippen molar-refractivity contribution in [3.63, 3.8) is 0 Å². The minimum absolute atomic E-state index is 0.119. The summed E-state index contributed by atoms with van der Waals surface area (Å²) >= 11 is 0. The first-order chi connectivity index (χ1) is 9.66. The molecule has 1 aliphatic heterocycles. The Balaban J connectivity index is 2.05. The first kappa shape index (κ1) is 12.5. The Labute approximate surface area is 114 Å². The van der Waals surface area contributed by atoms with Gasteiger partial charge in [-0.05, 0) is 19.1 Å². The van der Waals surface area contributed by atoms with Gasteiger partial charge in [-0.3, -0.25) is 0 Å². The maximum atomic E-state index is 10.8. The third-order valence-corrected chi connectivity index (χ3v) is 3.16. The first-order valence-corrected chi connectivity index (χ1v) is 6.26. The van der Waals surface area contributed by atoms with Crippen molar-refractivity contribution in [2.45, 2.75) is 13.3 Å². The summed E-state index contributed by atoms with van der Waals surface area (Å²) in [4.78, 5) is 10.8. The van der Waals surface area contributed by atoms with E-state index < -0.39 is 5.97 Å². The number of rotatable bonds is 2. The molecule has 0 bridgehead atoms. The molecule has 104 valence electrons. The SMILES string of the molecule is Cc1c(-c2cc(C(=O)O)no2)ccc2c1OCCCO2. The lowest BCUT2D eigenvalue weighted by molar-refractivity contribution is 0.0686. The van der Waals surface area contributed by atoms with Gasteiger partial charge in [-0.2, -0.15) is 0 Å². The monoisotopic (exact) mass is 275 g/mol. The van der Waals surface area contributed by atoms with E-state index in [4.69, 9.17) is 19.1 Å². The Bertz CT molecular complexity index is 662. The van der Waals surface area contributed by atoms with Crippen molar-refractivity contribution in [3.05, 3.63) is 29.5 Å². The number of nitrogens with zero attached hydrogens (tertiary/aromatic N) is 1. The summed E-state index contributed by atoms with van der Waals surface area (Å²) in [5.41, 5.74) is 1.47. The largest absolute Gasteiger partial charge is 0.490 e. The van der Waals surface area contributed by atoms with Crippen LogP contribution in [0.15, 0.2) is 22.7 Å². The van der Waals surface area contributed by atoms with Crippen molar-refractivity contribution >= 4 is 5.97 Å². The fourth-order valence-corrected chi connectivity index (χ4v) is 2.15. The molecule has 1 aromatic carbocycles. The number of carbonyl (C=O) groups is 1. The second-order valence-corrected chi connectivity index (χ2v) is 4.50. The Morgan fingerprint density at radius 1 is 1.30 bits per heavy atom. The minimum atomic E-state index is -1.12. The van der Waals surface area contributed by atoms with Crippen LogP contribution < -0.4 is 9.47 Å². The van der Waals surface area contributed by atoms with E-state index >= 15 is 0 Å². The highest BCUT2D eigenvalue weighted by Crippen LogP contribution is 2.39. The van der Waals surface area contributed by atoms with Gasteiger partial charge >= 0.3 is 5.97 Å². The zero-order chi connectivity index (χ0) is 14.1. The smallest absolute Gasteiger partial charge is 0.358 e. The Morgan fingerprint density at radius 3 is 2.85 bits per heavy atom. The second kappa shape index (κ2) is 4.88. The summed E-state index contributed by atoms with van der Waals surface area (Å²) in [5, 5.41) is 12.4. The molecule has 1 aliphatic rings. The predicted molar refractivity (Wildman–Crippen MR) is 69.2 cm³/mol. The van der Waals surface area contributed by atoms with Crippen molar-refractivity contribution in [2.24, 2.45) is 0 Å². The van der Waals surface area contributed by atoms with E-state index in [1.807, 2.05) is 13.0 Å². The normalized spacial score (nSPS) is 13.8.